The number of hydrogen-bond acceptors (Lipinski definition) is 4. The number of anilines is 2. The summed E-state index contributed by atoms with van der Waals surface area (Å²) >= 11 is 0. The normalized spacial score (nSPS) is 15.5. The van der Waals surface area contributed by atoms with E-state index in [0.29, 0.717) is 11.7 Å². The van der Waals surface area contributed by atoms with Crippen molar-refractivity contribution in [2.75, 3.05) is 17.3 Å². The molecule has 1 aliphatic rings. The van der Waals surface area contributed by atoms with Crippen LogP contribution in [0.4, 0.5) is 11.5 Å². The quantitative estimate of drug-likeness (QED) is 0.867. The van der Waals surface area contributed by atoms with Crippen LogP contribution in [-0.4, -0.2) is 29.0 Å². The van der Waals surface area contributed by atoms with E-state index in [2.05, 4.69) is 15.3 Å². The van der Waals surface area contributed by atoms with Crippen molar-refractivity contribution in [1.29, 1.82) is 0 Å². The Morgan fingerprint density at radius 1 is 1.08 bits per heavy atom. The summed E-state index contributed by atoms with van der Waals surface area (Å²) in [5.74, 6) is 0.606. The molecule has 2 aromatic rings. The molecular weight excluding hydrogens is 300 g/mol. The minimum Gasteiger partial charge on any atom is -0.367 e. The minimum atomic E-state index is -0.132. The van der Waals surface area contributed by atoms with E-state index in [4.69, 9.17) is 0 Å². The van der Waals surface area contributed by atoms with Crippen molar-refractivity contribution >= 4 is 17.4 Å². The topological polar surface area (TPSA) is 58.1 Å². The smallest absolute Gasteiger partial charge is 0.276 e. The Labute approximate surface area is 143 Å². The zero-order chi connectivity index (χ0) is 16.8. The lowest BCUT2D eigenvalue weighted by Gasteiger charge is -2.19. The van der Waals surface area contributed by atoms with Gasteiger partial charge in [-0.2, -0.15) is 0 Å². The molecule has 5 heteroatoms. The van der Waals surface area contributed by atoms with Crippen LogP contribution in [0.25, 0.3) is 0 Å². The number of carbonyl (C=O) groups is 1. The second-order valence-corrected chi connectivity index (χ2v) is 6.32. The first-order valence-corrected chi connectivity index (χ1v) is 8.66. The first kappa shape index (κ1) is 16.4. The molecular formula is C19H24N4O. The van der Waals surface area contributed by atoms with Crippen molar-refractivity contribution in [3.8, 4) is 0 Å². The molecule has 126 valence electrons. The van der Waals surface area contributed by atoms with Crippen LogP contribution in [0.1, 0.15) is 49.0 Å². The van der Waals surface area contributed by atoms with Gasteiger partial charge in [0.15, 0.2) is 0 Å². The maximum Gasteiger partial charge on any atom is 0.276 e. The van der Waals surface area contributed by atoms with Gasteiger partial charge in [-0.25, -0.2) is 9.97 Å². The van der Waals surface area contributed by atoms with Gasteiger partial charge in [0.05, 0.1) is 0 Å². The van der Waals surface area contributed by atoms with Crippen LogP contribution in [0.2, 0.25) is 0 Å². The standard InChI is InChI=1S/C19H24N4O/c1-23(16-11-7-4-8-12-16)19(24)17-13-18(21-14-20-17)22-15-9-5-2-3-6-10-15/h4,7-8,11-15H,2-3,5-6,9-10H2,1H3,(H,20,21,22). The molecule has 1 aliphatic carbocycles. The molecule has 1 fully saturated rings. The molecule has 0 unspecified atom stereocenters. The SMILES string of the molecule is CN(C(=O)c1cc(NC2CCCCCC2)ncn1)c1ccccc1. The van der Waals surface area contributed by atoms with E-state index >= 15 is 0 Å². The fraction of sp³-hybridized carbons (Fsp3) is 0.421. The van der Waals surface area contributed by atoms with E-state index in [1.807, 2.05) is 30.3 Å². The lowest BCUT2D eigenvalue weighted by atomic mass is 10.1. The molecule has 1 heterocycles. The number of hydrogen-bond donors (Lipinski definition) is 1. The zero-order valence-electron chi connectivity index (χ0n) is 14.1. The van der Waals surface area contributed by atoms with E-state index in [9.17, 15) is 4.79 Å². The summed E-state index contributed by atoms with van der Waals surface area (Å²) < 4.78 is 0. The summed E-state index contributed by atoms with van der Waals surface area (Å²) in [6.45, 7) is 0. The molecule has 0 bridgehead atoms. The summed E-state index contributed by atoms with van der Waals surface area (Å²) in [6, 6.07) is 11.8. The highest BCUT2D eigenvalue weighted by Crippen LogP contribution is 2.21. The van der Waals surface area contributed by atoms with Gasteiger partial charge in [0, 0.05) is 24.8 Å². The lowest BCUT2D eigenvalue weighted by molar-refractivity contribution is 0.0988. The predicted octanol–water partition coefficient (Wildman–Crippen LogP) is 3.89. The first-order chi connectivity index (χ1) is 11.7. The molecule has 1 saturated carbocycles. The van der Waals surface area contributed by atoms with Gasteiger partial charge in [-0.05, 0) is 25.0 Å². The van der Waals surface area contributed by atoms with Gasteiger partial charge in [-0.1, -0.05) is 43.9 Å². The summed E-state index contributed by atoms with van der Waals surface area (Å²) in [4.78, 5) is 22.7. The fourth-order valence-electron chi connectivity index (χ4n) is 3.13. The largest absolute Gasteiger partial charge is 0.367 e. The van der Waals surface area contributed by atoms with Crippen LogP contribution in [0.5, 0.6) is 0 Å². The number of nitrogens with zero attached hydrogens (tertiary/aromatic N) is 3. The number of carbonyl (C=O) groups excluding carboxylic acids is 1. The minimum absolute atomic E-state index is 0.132. The van der Waals surface area contributed by atoms with Gasteiger partial charge in [0.2, 0.25) is 0 Å². The highest BCUT2D eigenvalue weighted by molar-refractivity contribution is 6.04. The second kappa shape index (κ2) is 7.90. The Bertz CT molecular complexity index is 666. The van der Waals surface area contributed by atoms with E-state index in [0.717, 1.165) is 24.3 Å². The van der Waals surface area contributed by atoms with Gasteiger partial charge >= 0.3 is 0 Å². The second-order valence-electron chi connectivity index (χ2n) is 6.32. The maximum atomic E-state index is 12.7. The molecule has 0 radical (unpaired) electrons. The number of rotatable bonds is 4. The van der Waals surface area contributed by atoms with Gasteiger partial charge in [-0.15, -0.1) is 0 Å². The summed E-state index contributed by atoms with van der Waals surface area (Å²) in [7, 11) is 1.76. The van der Waals surface area contributed by atoms with Gasteiger partial charge in [0.25, 0.3) is 5.91 Å². The van der Waals surface area contributed by atoms with E-state index in [1.165, 1.54) is 32.0 Å². The molecule has 1 aromatic heterocycles. The summed E-state index contributed by atoms with van der Waals surface area (Å²) in [5.41, 5.74) is 1.26. The molecule has 1 N–H and O–H groups in total. The van der Waals surface area contributed by atoms with E-state index in [1.54, 1.807) is 18.0 Å². The highest BCUT2D eigenvalue weighted by atomic mass is 16.2. The average molecular weight is 324 g/mol. The van der Waals surface area contributed by atoms with Crippen LogP contribution in [0.15, 0.2) is 42.7 Å². The average Bonchev–Trinajstić information content (AvgIpc) is 2.90. The van der Waals surface area contributed by atoms with Crippen molar-refractivity contribution in [2.45, 2.75) is 44.6 Å². The molecule has 24 heavy (non-hydrogen) atoms. The third kappa shape index (κ3) is 4.10. The van der Waals surface area contributed by atoms with Crippen molar-refractivity contribution in [3.63, 3.8) is 0 Å². The van der Waals surface area contributed by atoms with Crippen LogP contribution >= 0.6 is 0 Å². The molecule has 0 atom stereocenters. The van der Waals surface area contributed by atoms with E-state index < -0.39 is 0 Å². The maximum absolute atomic E-state index is 12.7. The Hall–Kier alpha value is -2.43. The third-order valence-electron chi connectivity index (χ3n) is 4.54. The summed E-state index contributed by atoms with van der Waals surface area (Å²) in [5, 5.41) is 3.47. The van der Waals surface area contributed by atoms with Crippen molar-refractivity contribution < 1.29 is 4.79 Å². The van der Waals surface area contributed by atoms with Crippen LogP contribution in [-0.2, 0) is 0 Å². The molecule has 0 saturated heterocycles. The Morgan fingerprint density at radius 3 is 2.50 bits per heavy atom. The number of benzene rings is 1. The number of amides is 1. The Kier molecular flexibility index (Phi) is 5.41. The summed E-state index contributed by atoms with van der Waals surface area (Å²) in [6.07, 6.45) is 8.93. The molecule has 3 rings (SSSR count). The molecule has 1 amide bonds. The van der Waals surface area contributed by atoms with Gasteiger partial charge < -0.3 is 10.2 Å². The highest BCUT2D eigenvalue weighted by Gasteiger charge is 2.17. The Morgan fingerprint density at radius 2 is 1.79 bits per heavy atom. The lowest BCUT2D eigenvalue weighted by Crippen LogP contribution is -2.27. The molecule has 5 nitrogen and oxygen atoms in total. The van der Waals surface area contributed by atoms with Crippen LogP contribution in [0, 0.1) is 0 Å². The first-order valence-electron chi connectivity index (χ1n) is 8.66. The fourth-order valence-corrected chi connectivity index (χ4v) is 3.13. The van der Waals surface area contributed by atoms with Crippen molar-refractivity contribution in [3.05, 3.63) is 48.4 Å². The van der Waals surface area contributed by atoms with Crippen molar-refractivity contribution in [1.82, 2.24) is 9.97 Å². The number of nitrogens with one attached hydrogen (secondary N) is 1. The number of para-hydroxylation sites is 1. The molecule has 0 spiro atoms. The zero-order valence-corrected chi connectivity index (χ0v) is 14.1. The van der Waals surface area contributed by atoms with Crippen LogP contribution in [0.3, 0.4) is 0 Å². The van der Waals surface area contributed by atoms with Crippen molar-refractivity contribution in [2.24, 2.45) is 0 Å². The predicted molar refractivity (Wildman–Crippen MR) is 96.3 cm³/mol. The van der Waals surface area contributed by atoms with Gasteiger partial charge in [0.1, 0.15) is 17.8 Å². The monoisotopic (exact) mass is 324 g/mol. The van der Waals surface area contributed by atoms with Gasteiger partial charge in [-0.3, -0.25) is 4.79 Å². The van der Waals surface area contributed by atoms with E-state index in [-0.39, 0.29) is 5.91 Å². The molecule has 1 aromatic carbocycles. The molecule has 0 aliphatic heterocycles. The number of aromatic nitrogens is 2. The third-order valence-corrected chi connectivity index (χ3v) is 4.54. The van der Waals surface area contributed by atoms with Crippen LogP contribution < -0.4 is 10.2 Å². The Balaban J connectivity index is 1.71.